The molecule has 0 saturated carbocycles. The van der Waals surface area contributed by atoms with Gasteiger partial charge in [-0.05, 0) is 51.0 Å². The molecule has 0 amide bonds. The van der Waals surface area contributed by atoms with Crippen molar-refractivity contribution in [3.05, 3.63) is 35.9 Å². The molecule has 5 heteroatoms. The summed E-state index contributed by atoms with van der Waals surface area (Å²) in [6, 6.07) is 7.17. The molecule has 0 radical (unpaired) electrons. The normalized spacial score (nSPS) is 11.4. The molecule has 0 aliphatic heterocycles. The Morgan fingerprint density at radius 2 is 1.82 bits per heavy atom. The zero-order valence-electron chi connectivity index (χ0n) is 13.2. The minimum Gasteiger partial charge on any atom is -0.494 e. The summed E-state index contributed by atoms with van der Waals surface area (Å²) in [5.41, 5.74) is 0.346. The fraction of sp³-hybridized carbons (Fsp3) is 0.412. The van der Waals surface area contributed by atoms with Gasteiger partial charge in [-0.1, -0.05) is 12.1 Å². The standard InChI is InChI=1S/C17H22O5/c1-17(2,3)22-16(20)11-8-13-6-9-14(10-7-13)21-12-4-5-15(18)19/h6-11H,4-5,12H2,1-3H3,(H,18,19). The number of hydrogen-bond acceptors (Lipinski definition) is 4. The van der Waals surface area contributed by atoms with Gasteiger partial charge < -0.3 is 14.6 Å². The summed E-state index contributed by atoms with van der Waals surface area (Å²) in [5, 5.41) is 8.52. The van der Waals surface area contributed by atoms with E-state index >= 15 is 0 Å². The van der Waals surface area contributed by atoms with Gasteiger partial charge in [0.05, 0.1) is 6.61 Å². The Labute approximate surface area is 130 Å². The van der Waals surface area contributed by atoms with Crippen LogP contribution in [0.15, 0.2) is 30.3 Å². The fourth-order valence-corrected chi connectivity index (χ4v) is 1.59. The highest BCUT2D eigenvalue weighted by atomic mass is 16.6. The molecule has 0 bridgehead atoms. The van der Waals surface area contributed by atoms with Crippen molar-refractivity contribution >= 4 is 18.0 Å². The number of aliphatic carboxylic acids is 1. The van der Waals surface area contributed by atoms with E-state index in [1.54, 1.807) is 18.2 Å². The van der Waals surface area contributed by atoms with Crippen molar-refractivity contribution < 1.29 is 24.2 Å². The SMILES string of the molecule is CC(C)(C)OC(=O)C=Cc1ccc(OCCCC(=O)O)cc1. The predicted octanol–water partition coefficient (Wildman–Crippen LogP) is 3.29. The predicted molar refractivity (Wildman–Crippen MR) is 83.7 cm³/mol. The van der Waals surface area contributed by atoms with E-state index in [2.05, 4.69) is 0 Å². The third-order valence-corrected chi connectivity index (χ3v) is 2.50. The number of rotatable bonds is 7. The summed E-state index contributed by atoms with van der Waals surface area (Å²) in [5.74, 6) is -0.549. The van der Waals surface area contributed by atoms with Crippen molar-refractivity contribution in [2.75, 3.05) is 6.61 Å². The van der Waals surface area contributed by atoms with Crippen molar-refractivity contribution in [3.63, 3.8) is 0 Å². The first-order chi connectivity index (χ1) is 10.3. The van der Waals surface area contributed by atoms with Crippen LogP contribution in [-0.4, -0.2) is 29.3 Å². The Morgan fingerprint density at radius 3 is 2.36 bits per heavy atom. The maximum atomic E-state index is 11.5. The topological polar surface area (TPSA) is 72.8 Å². The third kappa shape index (κ3) is 8.09. The van der Waals surface area contributed by atoms with Gasteiger partial charge in [0.1, 0.15) is 11.4 Å². The molecule has 0 fully saturated rings. The average molecular weight is 306 g/mol. The van der Waals surface area contributed by atoms with E-state index in [1.165, 1.54) is 6.08 Å². The first-order valence-electron chi connectivity index (χ1n) is 7.12. The first kappa shape index (κ1) is 17.8. The number of carboxylic acids is 1. The zero-order chi connectivity index (χ0) is 16.6. The molecular formula is C17H22O5. The lowest BCUT2D eigenvalue weighted by Gasteiger charge is -2.17. The van der Waals surface area contributed by atoms with E-state index in [4.69, 9.17) is 14.6 Å². The quantitative estimate of drug-likeness (QED) is 0.475. The molecule has 120 valence electrons. The number of hydrogen-bond donors (Lipinski definition) is 1. The van der Waals surface area contributed by atoms with Crippen molar-refractivity contribution in [2.45, 2.75) is 39.2 Å². The van der Waals surface area contributed by atoms with E-state index in [-0.39, 0.29) is 12.4 Å². The molecule has 0 heterocycles. The molecule has 0 unspecified atom stereocenters. The minimum absolute atomic E-state index is 0.0940. The highest BCUT2D eigenvalue weighted by Crippen LogP contribution is 2.14. The van der Waals surface area contributed by atoms with Crippen LogP contribution in [0.5, 0.6) is 5.75 Å². The van der Waals surface area contributed by atoms with Gasteiger partial charge in [-0.3, -0.25) is 4.79 Å². The molecule has 1 aromatic rings. The summed E-state index contributed by atoms with van der Waals surface area (Å²) in [6.45, 7) is 5.80. The smallest absolute Gasteiger partial charge is 0.331 e. The molecular weight excluding hydrogens is 284 g/mol. The van der Waals surface area contributed by atoms with Gasteiger partial charge in [-0.2, -0.15) is 0 Å². The van der Waals surface area contributed by atoms with Gasteiger partial charge in [0.2, 0.25) is 0 Å². The average Bonchev–Trinajstić information content (AvgIpc) is 2.40. The van der Waals surface area contributed by atoms with Gasteiger partial charge in [0, 0.05) is 12.5 Å². The minimum atomic E-state index is -0.828. The second kappa shape index (κ2) is 8.22. The number of carbonyl (C=O) groups is 2. The molecule has 0 atom stereocenters. The number of ether oxygens (including phenoxy) is 2. The summed E-state index contributed by atoms with van der Waals surface area (Å²) < 4.78 is 10.6. The zero-order valence-corrected chi connectivity index (χ0v) is 13.2. The van der Waals surface area contributed by atoms with Crippen molar-refractivity contribution in [3.8, 4) is 5.75 Å². The summed E-state index contributed by atoms with van der Waals surface area (Å²) in [7, 11) is 0. The van der Waals surface area contributed by atoms with Crippen LogP contribution >= 0.6 is 0 Å². The lowest BCUT2D eigenvalue weighted by molar-refractivity contribution is -0.148. The molecule has 0 aliphatic carbocycles. The molecule has 1 rings (SSSR count). The Morgan fingerprint density at radius 1 is 1.18 bits per heavy atom. The Hall–Kier alpha value is -2.30. The number of esters is 1. The molecule has 22 heavy (non-hydrogen) atoms. The maximum absolute atomic E-state index is 11.5. The molecule has 1 aromatic carbocycles. The summed E-state index contributed by atoms with van der Waals surface area (Å²) in [6.07, 6.45) is 3.61. The van der Waals surface area contributed by atoms with Crippen molar-refractivity contribution in [1.82, 2.24) is 0 Å². The monoisotopic (exact) mass is 306 g/mol. The lowest BCUT2D eigenvalue weighted by Crippen LogP contribution is -2.22. The van der Waals surface area contributed by atoms with Crippen molar-refractivity contribution in [2.24, 2.45) is 0 Å². The Kier molecular flexibility index (Phi) is 6.63. The second-order valence-corrected chi connectivity index (χ2v) is 5.78. The third-order valence-electron chi connectivity index (χ3n) is 2.50. The fourth-order valence-electron chi connectivity index (χ4n) is 1.59. The summed E-state index contributed by atoms with van der Waals surface area (Å²) in [4.78, 5) is 21.9. The molecule has 5 nitrogen and oxygen atoms in total. The van der Waals surface area contributed by atoms with Crippen molar-refractivity contribution in [1.29, 1.82) is 0 Å². The number of benzene rings is 1. The Balaban J connectivity index is 2.44. The van der Waals surface area contributed by atoms with Crippen LogP contribution in [0.2, 0.25) is 0 Å². The van der Waals surface area contributed by atoms with Gasteiger partial charge in [0.15, 0.2) is 0 Å². The first-order valence-corrected chi connectivity index (χ1v) is 7.12. The van der Waals surface area contributed by atoms with E-state index in [0.717, 1.165) is 5.56 Å². The van der Waals surface area contributed by atoms with E-state index in [1.807, 2.05) is 32.9 Å². The van der Waals surface area contributed by atoms with Crippen LogP contribution in [0.3, 0.4) is 0 Å². The van der Waals surface area contributed by atoms with Gasteiger partial charge in [-0.25, -0.2) is 4.79 Å². The molecule has 0 saturated heterocycles. The lowest BCUT2D eigenvalue weighted by atomic mass is 10.2. The van der Waals surface area contributed by atoms with Crippen LogP contribution in [0.25, 0.3) is 6.08 Å². The van der Waals surface area contributed by atoms with Crippen LogP contribution in [0.4, 0.5) is 0 Å². The molecule has 0 aliphatic rings. The molecule has 0 aromatic heterocycles. The van der Waals surface area contributed by atoms with Gasteiger partial charge in [0.25, 0.3) is 0 Å². The largest absolute Gasteiger partial charge is 0.494 e. The van der Waals surface area contributed by atoms with Crippen LogP contribution in [0.1, 0.15) is 39.2 Å². The summed E-state index contributed by atoms with van der Waals surface area (Å²) >= 11 is 0. The van der Waals surface area contributed by atoms with E-state index < -0.39 is 11.6 Å². The van der Waals surface area contributed by atoms with Crippen LogP contribution in [0, 0.1) is 0 Å². The second-order valence-electron chi connectivity index (χ2n) is 5.78. The highest BCUT2D eigenvalue weighted by molar-refractivity contribution is 5.87. The van der Waals surface area contributed by atoms with Crippen LogP contribution in [-0.2, 0) is 14.3 Å². The van der Waals surface area contributed by atoms with Gasteiger partial charge in [-0.15, -0.1) is 0 Å². The number of carbonyl (C=O) groups excluding carboxylic acids is 1. The van der Waals surface area contributed by atoms with Gasteiger partial charge >= 0.3 is 11.9 Å². The molecule has 0 spiro atoms. The van der Waals surface area contributed by atoms with Crippen LogP contribution < -0.4 is 4.74 Å². The van der Waals surface area contributed by atoms with E-state index in [0.29, 0.717) is 18.8 Å². The maximum Gasteiger partial charge on any atom is 0.331 e. The number of carboxylic acid groups (broad SMARTS) is 1. The highest BCUT2D eigenvalue weighted by Gasteiger charge is 2.13. The Bertz CT molecular complexity index is 523. The molecule has 1 N–H and O–H groups in total. The van der Waals surface area contributed by atoms with E-state index in [9.17, 15) is 9.59 Å².